The second kappa shape index (κ2) is 11.3. The summed E-state index contributed by atoms with van der Waals surface area (Å²) in [5.41, 5.74) is 0.659. The minimum Gasteiger partial charge on any atom is -0.497 e. The molecule has 9 nitrogen and oxygen atoms in total. The van der Waals surface area contributed by atoms with E-state index in [2.05, 4.69) is 10.1 Å². The molecule has 0 aliphatic heterocycles. The summed E-state index contributed by atoms with van der Waals surface area (Å²) in [5.74, 6) is -0.0699. The van der Waals surface area contributed by atoms with E-state index in [1.54, 1.807) is 18.2 Å². The number of nitrogens with zero attached hydrogens (tertiary/aromatic N) is 1. The van der Waals surface area contributed by atoms with Crippen LogP contribution in [0.2, 0.25) is 0 Å². The van der Waals surface area contributed by atoms with Gasteiger partial charge in [0.15, 0.2) is 0 Å². The molecule has 0 aromatic heterocycles. The summed E-state index contributed by atoms with van der Waals surface area (Å²) in [5, 5.41) is 2.75. The zero-order valence-electron chi connectivity index (χ0n) is 19.6. The highest BCUT2D eigenvalue weighted by molar-refractivity contribution is 7.89. The summed E-state index contributed by atoms with van der Waals surface area (Å²) in [4.78, 5) is 24.7. The lowest BCUT2D eigenvalue weighted by Gasteiger charge is -2.33. The number of methoxy groups -OCH3 is 3. The zero-order valence-corrected chi connectivity index (χ0v) is 20.4. The van der Waals surface area contributed by atoms with Crippen molar-refractivity contribution in [2.45, 2.75) is 43.0 Å². The molecular weight excluding hydrogens is 460 g/mol. The van der Waals surface area contributed by atoms with Gasteiger partial charge in [0.05, 0.1) is 44.0 Å². The highest BCUT2D eigenvalue weighted by Crippen LogP contribution is 2.31. The van der Waals surface area contributed by atoms with E-state index < -0.39 is 21.9 Å². The van der Waals surface area contributed by atoms with E-state index in [0.29, 0.717) is 30.0 Å². The molecule has 1 fully saturated rings. The summed E-state index contributed by atoms with van der Waals surface area (Å²) in [6, 6.07) is 10.2. The molecule has 0 spiro atoms. The van der Waals surface area contributed by atoms with Crippen molar-refractivity contribution in [3.05, 3.63) is 48.0 Å². The molecule has 0 radical (unpaired) electrons. The van der Waals surface area contributed by atoms with Gasteiger partial charge < -0.3 is 19.5 Å². The fourth-order valence-corrected chi connectivity index (χ4v) is 5.67. The minimum atomic E-state index is -3.99. The number of carbonyl (C=O) groups excluding carboxylic acids is 2. The zero-order chi connectivity index (χ0) is 24.7. The van der Waals surface area contributed by atoms with Gasteiger partial charge in [-0.15, -0.1) is 0 Å². The summed E-state index contributed by atoms with van der Waals surface area (Å²) in [6.07, 6.45) is 4.18. The molecule has 1 aliphatic rings. The van der Waals surface area contributed by atoms with Crippen molar-refractivity contribution in [2.24, 2.45) is 0 Å². The Morgan fingerprint density at radius 2 is 1.65 bits per heavy atom. The van der Waals surface area contributed by atoms with Gasteiger partial charge in [-0.2, -0.15) is 4.31 Å². The van der Waals surface area contributed by atoms with Crippen LogP contribution in [0.1, 0.15) is 42.5 Å². The molecular formula is C24H30N2O7S. The molecule has 0 heterocycles. The molecule has 1 aliphatic carbocycles. The van der Waals surface area contributed by atoms with Crippen molar-refractivity contribution >= 4 is 27.6 Å². The maximum Gasteiger partial charge on any atom is 0.337 e. The van der Waals surface area contributed by atoms with Crippen molar-refractivity contribution in [1.29, 1.82) is 0 Å². The number of nitrogens with one attached hydrogen (secondary N) is 1. The monoisotopic (exact) mass is 490 g/mol. The number of hydrogen-bond acceptors (Lipinski definition) is 7. The maximum absolute atomic E-state index is 13.6. The fraction of sp³-hybridized carbons (Fsp3) is 0.417. The Bertz CT molecular complexity index is 1110. The van der Waals surface area contributed by atoms with Crippen LogP contribution in [0.5, 0.6) is 11.5 Å². The predicted octanol–water partition coefficient (Wildman–Crippen LogP) is 3.45. The summed E-state index contributed by atoms with van der Waals surface area (Å²) in [6.45, 7) is -0.346. The van der Waals surface area contributed by atoms with E-state index in [1.165, 1.54) is 49.9 Å². The second-order valence-electron chi connectivity index (χ2n) is 7.97. The van der Waals surface area contributed by atoms with Crippen LogP contribution < -0.4 is 14.8 Å². The van der Waals surface area contributed by atoms with Gasteiger partial charge in [0.1, 0.15) is 11.5 Å². The molecule has 0 unspecified atom stereocenters. The molecule has 0 atom stereocenters. The van der Waals surface area contributed by atoms with Crippen LogP contribution in [0, 0.1) is 0 Å². The summed E-state index contributed by atoms with van der Waals surface area (Å²) in [7, 11) is 0.263. The second-order valence-corrected chi connectivity index (χ2v) is 9.86. The van der Waals surface area contributed by atoms with Gasteiger partial charge >= 0.3 is 5.97 Å². The fourth-order valence-electron chi connectivity index (χ4n) is 4.03. The Balaban J connectivity index is 1.86. The number of hydrogen-bond donors (Lipinski definition) is 1. The van der Waals surface area contributed by atoms with Crippen molar-refractivity contribution in [2.75, 3.05) is 33.2 Å². The average molecular weight is 491 g/mol. The van der Waals surface area contributed by atoms with Crippen molar-refractivity contribution in [1.82, 2.24) is 4.31 Å². The Morgan fingerprint density at radius 3 is 2.24 bits per heavy atom. The number of anilines is 1. The van der Waals surface area contributed by atoms with Gasteiger partial charge in [0.25, 0.3) is 0 Å². The van der Waals surface area contributed by atoms with Crippen molar-refractivity contribution < 1.29 is 32.2 Å². The minimum absolute atomic E-state index is 0.0144. The lowest BCUT2D eigenvalue weighted by molar-refractivity contribution is -0.116. The van der Waals surface area contributed by atoms with Gasteiger partial charge in [-0.3, -0.25) is 4.79 Å². The third kappa shape index (κ3) is 5.87. The lowest BCUT2D eigenvalue weighted by atomic mass is 9.95. The Labute approximate surface area is 200 Å². The van der Waals surface area contributed by atoms with E-state index in [0.717, 1.165) is 19.3 Å². The summed E-state index contributed by atoms with van der Waals surface area (Å²) < 4.78 is 43.6. The van der Waals surface area contributed by atoms with E-state index in [4.69, 9.17) is 9.47 Å². The number of amides is 1. The SMILES string of the molecule is COC(=O)c1ccc(S(=O)(=O)N(CC(=O)Nc2ccc(OC)cc2OC)C2CCCCC2)cc1. The predicted molar refractivity (Wildman–Crippen MR) is 127 cm³/mol. The molecule has 34 heavy (non-hydrogen) atoms. The lowest BCUT2D eigenvalue weighted by Crippen LogP contribution is -2.45. The molecule has 0 bridgehead atoms. The van der Waals surface area contributed by atoms with Gasteiger partial charge in [-0.1, -0.05) is 19.3 Å². The summed E-state index contributed by atoms with van der Waals surface area (Å²) >= 11 is 0. The smallest absolute Gasteiger partial charge is 0.337 e. The first-order chi connectivity index (χ1) is 16.3. The number of rotatable bonds is 9. The third-order valence-electron chi connectivity index (χ3n) is 5.85. The molecule has 184 valence electrons. The molecule has 2 aromatic rings. The van der Waals surface area contributed by atoms with Crippen molar-refractivity contribution in [3.63, 3.8) is 0 Å². The first-order valence-corrected chi connectivity index (χ1v) is 12.5. The number of esters is 1. The van der Waals surface area contributed by atoms with Crippen LogP contribution >= 0.6 is 0 Å². The van der Waals surface area contributed by atoms with Gasteiger partial charge in [0.2, 0.25) is 15.9 Å². The van der Waals surface area contributed by atoms with Crippen LogP contribution in [0.25, 0.3) is 0 Å². The molecule has 1 N–H and O–H groups in total. The van der Waals surface area contributed by atoms with Crippen LogP contribution in [-0.4, -0.2) is 58.5 Å². The largest absolute Gasteiger partial charge is 0.497 e. The molecule has 1 amide bonds. The Kier molecular flexibility index (Phi) is 8.51. The molecule has 2 aromatic carbocycles. The average Bonchev–Trinajstić information content (AvgIpc) is 2.87. The normalized spacial score (nSPS) is 14.5. The van der Waals surface area contributed by atoms with E-state index in [9.17, 15) is 18.0 Å². The topological polar surface area (TPSA) is 111 Å². The van der Waals surface area contributed by atoms with Gasteiger partial charge in [0, 0.05) is 12.1 Å². The number of ether oxygens (including phenoxy) is 3. The molecule has 0 saturated heterocycles. The first kappa shape index (κ1) is 25.5. The van der Waals surface area contributed by atoms with Gasteiger partial charge in [-0.25, -0.2) is 13.2 Å². The third-order valence-corrected chi connectivity index (χ3v) is 7.76. The standard InChI is InChI=1S/C24H30N2O7S/c1-31-19-11-14-21(22(15-19)32-2)25-23(27)16-26(18-7-5-4-6-8-18)34(29,30)20-12-9-17(10-13-20)24(28)33-3/h9-15,18H,4-8,16H2,1-3H3,(H,25,27). The van der Waals surface area contributed by atoms with Crippen LogP contribution in [-0.2, 0) is 19.6 Å². The van der Waals surface area contributed by atoms with Crippen LogP contribution in [0.4, 0.5) is 5.69 Å². The molecule has 3 rings (SSSR count). The highest BCUT2D eigenvalue weighted by Gasteiger charge is 2.34. The van der Waals surface area contributed by atoms with Crippen molar-refractivity contribution in [3.8, 4) is 11.5 Å². The quantitative estimate of drug-likeness (QED) is 0.536. The highest BCUT2D eigenvalue weighted by atomic mass is 32.2. The van der Waals surface area contributed by atoms with Gasteiger partial charge in [-0.05, 0) is 49.2 Å². The number of sulfonamides is 1. The Morgan fingerprint density at radius 1 is 0.971 bits per heavy atom. The van der Waals surface area contributed by atoms with Crippen LogP contribution in [0.3, 0.4) is 0 Å². The maximum atomic E-state index is 13.6. The molecule has 1 saturated carbocycles. The van der Waals surface area contributed by atoms with E-state index in [-0.39, 0.29) is 23.0 Å². The van der Waals surface area contributed by atoms with E-state index in [1.807, 2.05) is 0 Å². The van der Waals surface area contributed by atoms with E-state index >= 15 is 0 Å². The van der Waals surface area contributed by atoms with Crippen LogP contribution in [0.15, 0.2) is 47.4 Å². The number of benzene rings is 2. The molecule has 10 heteroatoms. The first-order valence-electron chi connectivity index (χ1n) is 11.0. The Hall–Kier alpha value is -3.11. The number of carbonyl (C=O) groups is 2.